The van der Waals surface area contributed by atoms with Gasteiger partial charge < -0.3 is 21.1 Å². The molecule has 166 valence electrons. The second kappa shape index (κ2) is 9.97. The Morgan fingerprint density at radius 3 is 2.61 bits per heavy atom. The third kappa shape index (κ3) is 5.86. The molecule has 31 heavy (non-hydrogen) atoms. The molecule has 2 unspecified atom stereocenters. The van der Waals surface area contributed by atoms with Gasteiger partial charge in [0.2, 0.25) is 0 Å². The zero-order valence-electron chi connectivity index (χ0n) is 17.9. The smallest absolute Gasteiger partial charge is 0.255 e. The standard InChI is InChI=1S/C21H27FN6O2S/c1-11(2)20(29)15(22)10-24-21(30)14-9-23-19(8-17(14)25-12(3)4)26-13-5-6-16-18(7-13)28-31-27-16/h5-9,11-12,15,20,29H,10H2,1-4H3,(H,24,30)(H2,23,25,26). The van der Waals surface area contributed by atoms with Gasteiger partial charge in [-0.15, -0.1) is 0 Å². The van der Waals surface area contributed by atoms with E-state index in [1.165, 1.54) is 6.20 Å². The van der Waals surface area contributed by atoms with Crippen LogP contribution in [0.3, 0.4) is 0 Å². The van der Waals surface area contributed by atoms with Gasteiger partial charge in [0.15, 0.2) is 0 Å². The number of benzene rings is 1. The summed E-state index contributed by atoms with van der Waals surface area (Å²) in [4.78, 5) is 17.0. The average molecular weight is 447 g/mol. The predicted molar refractivity (Wildman–Crippen MR) is 122 cm³/mol. The summed E-state index contributed by atoms with van der Waals surface area (Å²) < 4.78 is 22.5. The summed E-state index contributed by atoms with van der Waals surface area (Å²) in [5, 5.41) is 18.8. The van der Waals surface area contributed by atoms with E-state index in [1.807, 2.05) is 32.0 Å². The molecule has 0 bridgehead atoms. The summed E-state index contributed by atoms with van der Waals surface area (Å²) in [6, 6.07) is 7.42. The molecule has 2 heterocycles. The van der Waals surface area contributed by atoms with E-state index >= 15 is 0 Å². The van der Waals surface area contributed by atoms with Crippen molar-refractivity contribution in [3.63, 3.8) is 0 Å². The van der Waals surface area contributed by atoms with Gasteiger partial charge in [0, 0.05) is 24.0 Å². The molecule has 3 aromatic rings. The molecule has 2 aromatic heterocycles. The zero-order valence-corrected chi connectivity index (χ0v) is 18.7. The Kier molecular flexibility index (Phi) is 7.34. The largest absolute Gasteiger partial charge is 0.390 e. The van der Waals surface area contributed by atoms with E-state index < -0.39 is 18.2 Å². The number of aliphatic hydroxyl groups is 1. The molecule has 0 aliphatic carbocycles. The number of nitrogens with one attached hydrogen (secondary N) is 3. The normalized spacial score (nSPS) is 13.4. The van der Waals surface area contributed by atoms with E-state index in [1.54, 1.807) is 19.9 Å². The summed E-state index contributed by atoms with van der Waals surface area (Å²) in [5.41, 5.74) is 3.27. The Hall–Kier alpha value is -2.85. The predicted octanol–water partition coefficient (Wildman–Crippen LogP) is 3.74. The molecule has 4 N–H and O–H groups in total. The number of carbonyl (C=O) groups is 1. The third-order valence-corrected chi connectivity index (χ3v) is 5.19. The second-order valence-corrected chi connectivity index (χ2v) is 8.50. The highest BCUT2D eigenvalue weighted by molar-refractivity contribution is 7.00. The van der Waals surface area contributed by atoms with Crippen molar-refractivity contribution in [1.29, 1.82) is 0 Å². The molecule has 0 aliphatic heterocycles. The minimum absolute atomic E-state index is 0.0657. The zero-order chi connectivity index (χ0) is 22.5. The summed E-state index contributed by atoms with van der Waals surface area (Å²) in [6.45, 7) is 7.08. The van der Waals surface area contributed by atoms with Gasteiger partial charge in [-0.1, -0.05) is 13.8 Å². The monoisotopic (exact) mass is 446 g/mol. The topological polar surface area (TPSA) is 112 Å². The van der Waals surface area contributed by atoms with Crippen molar-refractivity contribution in [3.05, 3.63) is 36.0 Å². The summed E-state index contributed by atoms with van der Waals surface area (Å²) in [6.07, 6.45) is -1.24. The number of amides is 1. The van der Waals surface area contributed by atoms with Gasteiger partial charge in [-0.25, -0.2) is 9.37 Å². The second-order valence-electron chi connectivity index (χ2n) is 7.97. The number of anilines is 3. The lowest BCUT2D eigenvalue weighted by Crippen LogP contribution is -2.39. The highest BCUT2D eigenvalue weighted by Crippen LogP contribution is 2.24. The SMILES string of the molecule is CC(C)Nc1cc(Nc2ccc3nsnc3c2)ncc1C(=O)NCC(F)C(O)C(C)C. The van der Waals surface area contributed by atoms with Crippen molar-refractivity contribution >= 4 is 45.9 Å². The fourth-order valence-electron chi connectivity index (χ4n) is 2.97. The first-order valence-electron chi connectivity index (χ1n) is 10.1. The summed E-state index contributed by atoms with van der Waals surface area (Å²) >= 11 is 1.15. The van der Waals surface area contributed by atoms with Crippen LogP contribution >= 0.6 is 11.7 Å². The highest BCUT2D eigenvalue weighted by atomic mass is 32.1. The van der Waals surface area contributed by atoms with Crippen molar-refractivity contribution in [3.8, 4) is 0 Å². The maximum Gasteiger partial charge on any atom is 0.255 e. The van der Waals surface area contributed by atoms with Crippen LogP contribution in [0.5, 0.6) is 0 Å². The van der Waals surface area contributed by atoms with Crippen LogP contribution in [0, 0.1) is 5.92 Å². The first-order valence-corrected chi connectivity index (χ1v) is 10.8. The number of fused-ring (bicyclic) bond motifs is 1. The van der Waals surface area contributed by atoms with Crippen molar-refractivity contribution in [1.82, 2.24) is 19.0 Å². The van der Waals surface area contributed by atoms with Crippen LogP contribution in [0.1, 0.15) is 38.1 Å². The van der Waals surface area contributed by atoms with Crippen LogP contribution in [-0.4, -0.2) is 49.6 Å². The number of aliphatic hydroxyl groups excluding tert-OH is 1. The molecule has 2 atom stereocenters. The molecule has 1 amide bonds. The van der Waals surface area contributed by atoms with E-state index in [-0.39, 0.29) is 18.5 Å². The van der Waals surface area contributed by atoms with E-state index in [9.17, 15) is 14.3 Å². The van der Waals surface area contributed by atoms with Crippen LogP contribution < -0.4 is 16.0 Å². The Bertz CT molecular complexity index is 1040. The van der Waals surface area contributed by atoms with Gasteiger partial charge in [0.25, 0.3) is 5.91 Å². The number of rotatable bonds is 9. The fraction of sp³-hybridized carbons (Fsp3) is 0.429. The number of nitrogens with zero attached hydrogens (tertiary/aromatic N) is 3. The number of hydrogen-bond acceptors (Lipinski definition) is 8. The molecule has 0 radical (unpaired) electrons. The van der Waals surface area contributed by atoms with Crippen molar-refractivity contribution in [2.45, 2.75) is 46.0 Å². The Morgan fingerprint density at radius 1 is 1.16 bits per heavy atom. The molecule has 0 aliphatic rings. The quantitative estimate of drug-likeness (QED) is 0.396. The van der Waals surface area contributed by atoms with Crippen LogP contribution in [0.2, 0.25) is 0 Å². The number of halogens is 1. The molecule has 0 spiro atoms. The number of carbonyl (C=O) groups excluding carboxylic acids is 1. The number of aromatic nitrogens is 3. The lowest BCUT2D eigenvalue weighted by molar-refractivity contribution is 0.0406. The van der Waals surface area contributed by atoms with Crippen LogP contribution in [0.15, 0.2) is 30.5 Å². The van der Waals surface area contributed by atoms with E-state index in [0.29, 0.717) is 17.1 Å². The van der Waals surface area contributed by atoms with Gasteiger partial charge in [-0.2, -0.15) is 8.75 Å². The van der Waals surface area contributed by atoms with E-state index in [2.05, 4.69) is 29.7 Å². The number of alkyl halides is 1. The average Bonchev–Trinajstić information content (AvgIpc) is 3.18. The Labute approximate surface area is 184 Å². The fourth-order valence-corrected chi connectivity index (χ4v) is 3.48. The first-order chi connectivity index (χ1) is 14.7. The minimum atomic E-state index is -1.55. The van der Waals surface area contributed by atoms with Crippen LogP contribution in [0.25, 0.3) is 11.0 Å². The molecule has 3 rings (SSSR count). The maximum atomic E-state index is 14.1. The van der Waals surface area contributed by atoms with Gasteiger partial charge in [0.05, 0.1) is 35.6 Å². The maximum absolute atomic E-state index is 14.1. The third-order valence-electron chi connectivity index (χ3n) is 4.63. The molecule has 0 saturated heterocycles. The lowest BCUT2D eigenvalue weighted by Gasteiger charge is -2.20. The highest BCUT2D eigenvalue weighted by Gasteiger charge is 2.23. The first kappa shape index (κ1) is 22.8. The van der Waals surface area contributed by atoms with Crippen molar-refractivity contribution in [2.75, 3.05) is 17.2 Å². The van der Waals surface area contributed by atoms with Gasteiger partial charge >= 0.3 is 0 Å². The lowest BCUT2D eigenvalue weighted by atomic mass is 10.0. The Balaban J connectivity index is 1.76. The summed E-state index contributed by atoms with van der Waals surface area (Å²) in [5.74, 6) is -0.159. The van der Waals surface area contributed by atoms with Crippen molar-refractivity contribution in [2.24, 2.45) is 5.92 Å². The molecular weight excluding hydrogens is 419 g/mol. The molecule has 10 heteroatoms. The molecular formula is C21H27FN6O2S. The van der Waals surface area contributed by atoms with E-state index in [0.717, 1.165) is 28.4 Å². The van der Waals surface area contributed by atoms with Gasteiger partial charge in [-0.05, 0) is 38.0 Å². The van der Waals surface area contributed by atoms with Gasteiger partial charge in [-0.3, -0.25) is 4.79 Å². The molecule has 1 aromatic carbocycles. The van der Waals surface area contributed by atoms with Gasteiger partial charge in [0.1, 0.15) is 23.0 Å². The molecule has 0 fully saturated rings. The minimum Gasteiger partial charge on any atom is -0.390 e. The molecule has 8 nitrogen and oxygen atoms in total. The van der Waals surface area contributed by atoms with Crippen LogP contribution in [0.4, 0.5) is 21.6 Å². The number of hydrogen-bond donors (Lipinski definition) is 4. The summed E-state index contributed by atoms with van der Waals surface area (Å²) in [7, 11) is 0. The van der Waals surface area contributed by atoms with Crippen molar-refractivity contribution < 1.29 is 14.3 Å². The van der Waals surface area contributed by atoms with E-state index in [4.69, 9.17) is 0 Å². The molecule has 0 saturated carbocycles. The number of pyridine rings is 1. The Morgan fingerprint density at radius 2 is 1.90 bits per heavy atom. The van der Waals surface area contributed by atoms with Crippen LogP contribution in [-0.2, 0) is 0 Å².